The fourth-order valence-electron chi connectivity index (χ4n) is 4.05. The van der Waals surface area contributed by atoms with Gasteiger partial charge in [0.25, 0.3) is 0 Å². The molecule has 0 N–H and O–H groups in total. The van der Waals surface area contributed by atoms with Gasteiger partial charge in [0.15, 0.2) is 0 Å². The molecule has 1 aromatic heterocycles. The van der Waals surface area contributed by atoms with Gasteiger partial charge in [-0.25, -0.2) is 4.98 Å². The van der Waals surface area contributed by atoms with Gasteiger partial charge < -0.3 is 14.4 Å². The average Bonchev–Trinajstić information content (AvgIpc) is 2.77. The van der Waals surface area contributed by atoms with E-state index in [2.05, 4.69) is 26.4 Å². The van der Waals surface area contributed by atoms with E-state index in [1.54, 1.807) is 6.20 Å². The van der Waals surface area contributed by atoms with Crippen molar-refractivity contribution in [3.8, 4) is 0 Å². The van der Waals surface area contributed by atoms with E-state index in [9.17, 15) is 4.79 Å². The van der Waals surface area contributed by atoms with E-state index in [4.69, 9.17) is 0 Å². The number of hydrogen-bond donors (Lipinski definition) is 0. The van der Waals surface area contributed by atoms with Crippen LogP contribution in [0.25, 0.3) is 0 Å². The molecular weight excluding hydrogens is 252 g/mol. The summed E-state index contributed by atoms with van der Waals surface area (Å²) in [7, 11) is 2.19. The van der Waals surface area contributed by atoms with E-state index in [1.165, 1.54) is 0 Å². The zero-order valence-electron chi connectivity index (χ0n) is 12.0. The number of imidazole rings is 1. The normalized spacial score (nSPS) is 31.6. The number of aromatic nitrogens is 2. The molecule has 3 heterocycles. The Morgan fingerprint density at radius 2 is 1.95 bits per heavy atom. The highest BCUT2D eigenvalue weighted by Crippen LogP contribution is 2.49. The molecular formula is C15H22N4O. The Bertz CT molecular complexity index is 494. The Hall–Kier alpha value is -1.36. The van der Waals surface area contributed by atoms with Crippen molar-refractivity contribution in [2.75, 3.05) is 33.2 Å². The highest BCUT2D eigenvalue weighted by Gasteiger charge is 2.54. The van der Waals surface area contributed by atoms with Crippen LogP contribution in [0.5, 0.6) is 0 Å². The lowest BCUT2D eigenvalue weighted by atomic mass is 10.0. The molecule has 108 valence electrons. The van der Waals surface area contributed by atoms with Crippen molar-refractivity contribution in [3.05, 3.63) is 18.7 Å². The predicted octanol–water partition coefficient (Wildman–Crippen LogP) is 0.683. The second-order valence-corrected chi connectivity index (χ2v) is 6.97. The van der Waals surface area contributed by atoms with Gasteiger partial charge >= 0.3 is 0 Å². The number of amides is 1. The molecule has 5 nitrogen and oxygen atoms in total. The molecule has 20 heavy (non-hydrogen) atoms. The molecule has 4 rings (SSSR count). The van der Waals surface area contributed by atoms with E-state index in [0.29, 0.717) is 17.7 Å². The first kappa shape index (κ1) is 12.4. The second-order valence-electron chi connectivity index (χ2n) is 6.97. The molecule has 0 aromatic carbocycles. The van der Waals surface area contributed by atoms with Crippen LogP contribution in [0.1, 0.15) is 12.8 Å². The molecule has 3 aliphatic rings. The molecule has 1 saturated carbocycles. The van der Waals surface area contributed by atoms with E-state index in [0.717, 1.165) is 45.6 Å². The van der Waals surface area contributed by atoms with Crippen molar-refractivity contribution in [2.24, 2.45) is 17.3 Å². The van der Waals surface area contributed by atoms with Crippen molar-refractivity contribution in [1.29, 1.82) is 0 Å². The maximum absolute atomic E-state index is 12.8. The van der Waals surface area contributed by atoms with Crippen molar-refractivity contribution in [2.45, 2.75) is 19.4 Å². The summed E-state index contributed by atoms with van der Waals surface area (Å²) in [5.41, 5.74) is -0.120. The molecule has 0 unspecified atom stereocenters. The van der Waals surface area contributed by atoms with Crippen molar-refractivity contribution >= 4 is 5.91 Å². The van der Waals surface area contributed by atoms with Crippen LogP contribution in [0, 0.1) is 17.3 Å². The van der Waals surface area contributed by atoms with Gasteiger partial charge in [0.1, 0.15) is 0 Å². The Labute approximate surface area is 119 Å². The first-order chi connectivity index (χ1) is 9.66. The van der Waals surface area contributed by atoms with Crippen LogP contribution >= 0.6 is 0 Å². The van der Waals surface area contributed by atoms with Gasteiger partial charge in [-0.3, -0.25) is 4.79 Å². The number of fused-ring (bicyclic) bond motifs is 1. The number of hydrogen-bond acceptors (Lipinski definition) is 3. The fraction of sp³-hybridized carbons (Fsp3) is 0.733. The van der Waals surface area contributed by atoms with E-state index >= 15 is 0 Å². The second kappa shape index (κ2) is 4.32. The molecule has 0 spiro atoms. The standard InChI is InChI=1S/C15H22N4O/c1-17-6-12-8-19(9-13(12)7-17)14(20)15(2-3-15)10-18-5-4-16-11-18/h4-5,11-13H,2-3,6-10H2,1H3/t12-,13+. The summed E-state index contributed by atoms with van der Waals surface area (Å²) in [5.74, 6) is 1.80. The van der Waals surface area contributed by atoms with Crippen LogP contribution in [-0.2, 0) is 11.3 Å². The zero-order valence-corrected chi connectivity index (χ0v) is 12.0. The number of carbonyl (C=O) groups is 1. The van der Waals surface area contributed by atoms with Crippen molar-refractivity contribution in [3.63, 3.8) is 0 Å². The summed E-state index contributed by atoms with van der Waals surface area (Å²) < 4.78 is 2.05. The summed E-state index contributed by atoms with van der Waals surface area (Å²) in [6, 6.07) is 0. The van der Waals surface area contributed by atoms with Gasteiger partial charge in [0, 0.05) is 45.1 Å². The minimum absolute atomic E-state index is 0.120. The highest BCUT2D eigenvalue weighted by atomic mass is 16.2. The van der Waals surface area contributed by atoms with Crippen LogP contribution in [0.2, 0.25) is 0 Å². The molecule has 0 radical (unpaired) electrons. The van der Waals surface area contributed by atoms with E-state index < -0.39 is 0 Å². The van der Waals surface area contributed by atoms with Crippen LogP contribution in [-0.4, -0.2) is 58.5 Å². The maximum atomic E-state index is 12.8. The summed E-state index contributed by atoms with van der Waals surface area (Å²) >= 11 is 0. The van der Waals surface area contributed by atoms with E-state index in [1.807, 2.05) is 12.5 Å². The Kier molecular flexibility index (Phi) is 2.67. The van der Waals surface area contributed by atoms with Gasteiger partial charge in [-0.1, -0.05) is 0 Å². The van der Waals surface area contributed by atoms with Gasteiger partial charge in [-0.2, -0.15) is 0 Å². The van der Waals surface area contributed by atoms with Crippen LogP contribution in [0.15, 0.2) is 18.7 Å². The summed E-state index contributed by atoms with van der Waals surface area (Å²) in [5, 5.41) is 0. The average molecular weight is 274 g/mol. The molecule has 5 heteroatoms. The van der Waals surface area contributed by atoms with Crippen molar-refractivity contribution in [1.82, 2.24) is 19.4 Å². The molecule has 3 fully saturated rings. The monoisotopic (exact) mass is 274 g/mol. The topological polar surface area (TPSA) is 41.4 Å². The molecule has 2 saturated heterocycles. The largest absolute Gasteiger partial charge is 0.341 e. The van der Waals surface area contributed by atoms with Crippen molar-refractivity contribution < 1.29 is 4.79 Å². The Morgan fingerprint density at radius 3 is 2.50 bits per heavy atom. The molecule has 2 atom stereocenters. The third kappa shape index (κ3) is 1.95. The third-order valence-electron chi connectivity index (χ3n) is 5.31. The zero-order chi connectivity index (χ0) is 13.7. The first-order valence-corrected chi connectivity index (χ1v) is 7.60. The predicted molar refractivity (Wildman–Crippen MR) is 75.0 cm³/mol. The van der Waals surface area contributed by atoms with Gasteiger partial charge in [0.05, 0.1) is 11.7 Å². The van der Waals surface area contributed by atoms with Gasteiger partial charge in [-0.05, 0) is 31.7 Å². The minimum atomic E-state index is -0.120. The molecule has 1 aromatic rings. The summed E-state index contributed by atoms with van der Waals surface area (Å²) in [4.78, 5) is 21.5. The molecule has 2 aliphatic heterocycles. The Morgan fingerprint density at radius 1 is 1.25 bits per heavy atom. The van der Waals surface area contributed by atoms with Crippen LogP contribution in [0.3, 0.4) is 0 Å². The molecule has 0 bridgehead atoms. The number of nitrogens with zero attached hydrogens (tertiary/aromatic N) is 4. The number of likely N-dealkylation sites (tertiary alicyclic amines) is 2. The van der Waals surface area contributed by atoms with Crippen LogP contribution < -0.4 is 0 Å². The number of carbonyl (C=O) groups excluding carboxylic acids is 1. The summed E-state index contributed by atoms with van der Waals surface area (Å²) in [6.07, 6.45) is 7.64. The van der Waals surface area contributed by atoms with Gasteiger partial charge in [0.2, 0.25) is 5.91 Å². The molecule has 1 amide bonds. The van der Waals surface area contributed by atoms with Crippen LogP contribution in [0.4, 0.5) is 0 Å². The molecule has 1 aliphatic carbocycles. The lowest BCUT2D eigenvalue weighted by Crippen LogP contribution is -2.39. The number of rotatable bonds is 3. The van der Waals surface area contributed by atoms with E-state index in [-0.39, 0.29) is 5.41 Å². The lowest BCUT2D eigenvalue weighted by Gasteiger charge is -2.25. The highest BCUT2D eigenvalue weighted by molar-refractivity contribution is 5.85. The third-order valence-corrected chi connectivity index (χ3v) is 5.31. The maximum Gasteiger partial charge on any atom is 0.230 e. The fourth-order valence-corrected chi connectivity index (χ4v) is 4.05. The SMILES string of the molecule is CN1C[C@@H]2CN(C(=O)C3(Cn4ccnc4)CC3)C[C@@H]2C1. The Balaban J connectivity index is 1.43. The lowest BCUT2D eigenvalue weighted by molar-refractivity contribution is -0.136. The van der Waals surface area contributed by atoms with Gasteiger partial charge in [-0.15, -0.1) is 0 Å². The quantitative estimate of drug-likeness (QED) is 0.814. The first-order valence-electron chi connectivity index (χ1n) is 7.60. The summed E-state index contributed by atoms with van der Waals surface area (Å²) in [6.45, 7) is 5.06. The smallest absolute Gasteiger partial charge is 0.230 e. The minimum Gasteiger partial charge on any atom is -0.341 e.